The third-order valence-electron chi connectivity index (χ3n) is 5.76. The maximum atomic E-state index is 11.9. The second-order valence-corrected chi connectivity index (χ2v) is 6.98. The van der Waals surface area contributed by atoms with E-state index in [0.29, 0.717) is 6.42 Å². The summed E-state index contributed by atoms with van der Waals surface area (Å²) in [6.45, 7) is 4.17. The number of carbonyl (C=O) groups is 1. The van der Waals surface area contributed by atoms with Gasteiger partial charge in [0.05, 0.1) is 6.42 Å². The predicted octanol–water partition coefficient (Wildman–Crippen LogP) is 3.48. The summed E-state index contributed by atoms with van der Waals surface area (Å²) in [7, 11) is 0. The van der Waals surface area contributed by atoms with Gasteiger partial charge in [0.15, 0.2) is 6.23 Å². The minimum absolute atomic E-state index is 0.0149. The highest BCUT2D eigenvalue weighted by Crippen LogP contribution is 2.47. The Morgan fingerprint density at radius 1 is 1.39 bits per heavy atom. The maximum Gasteiger partial charge on any atom is 0.308 e. The van der Waals surface area contributed by atoms with Gasteiger partial charge < -0.3 is 9.72 Å². The van der Waals surface area contributed by atoms with Crippen LogP contribution in [-0.4, -0.2) is 35.2 Å². The van der Waals surface area contributed by atoms with Crippen LogP contribution in [0.25, 0.3) is 10.9 Å². The molecule has 23 heavy (non-hydrogen) atoms. The summed E-state index contributed by atoms with van der Waals surface area (Å²) in [5.41, 5.74) is 2.59. The summed E-state index contributed by atoms with van der Waals surface area (Å²) < 4.78 is 5.71. The van der Waals surface area contributed by atoms with Crippen molar-refractivity contribution in [2.75, 3.05) is 13.1 Å². The van der Waals surface area contributed by atoms with Crippen molar-refractivity contribution in [1.29, 1.82) is 0 Å². The Hall–Kier alpha value is -1.81. The Kier molecular flexibility index (Phi) is 3.64. The van der Waals surface area contributed by atoms with Gasteiger partial charge >= 0.3 is 5.97 Å². The van der Waals surface area contributed by atoms with Crippen LogP contribution in [0.5, 0.6) is 0 Å². The number of rotatable bonds is 4. The van der Waals surface area contributed by atoms with E-state index in [-0.39, 0.29) is 17.6 Å². The fraction of sp³-hybridized carbons (Fsp3) is 0.526. The van der Waals surface area contributed by atoms with Gasteiger partial charge in [-0.15, -0.1) is 0 Å². The molecule has 2 aromatic rings. The predicted molar refractivity (Wildman–Crippen MR) is 90.0 cm³/mol. The van der Waals surface area contributed by atoms with E-state index in [4.69, 9.17) is 4.74 Å². The normalized spacial score (nSPS) is 28.0. The average molecular weight is 312 g/mol. The largest absolute Gasteiger partial charge is 0.446 e. The molecule has 0 radical (unpaired) electrons. The number of aromatic nitrogens is 1. The van der Waals surface area contributed by atoms with Crippen LogP contribution < -0.4 is 0 Å². The molecule has 1 N–H and O–H groups in total. The molecule has 2 fully saturated rings. The van der Waals surface area contributed by atoms with Crippen LogP contribution in [0.4, 0.5) is 0 Å². The molecule has 0 aliphatic carbocycles. The molecular weight excluding hydrogens is 288 g/mol. The standard InChI is InChI=1S/C19H24N2O2/c1-2-19-9-5-10-21(18(19)23-17(22)12-19)11-8-14-13-20-16-7-4-3-6-15(14)16/h3-4,6-7,13,18,20H,2,5,8-12H2,1H3/t18-,19+/m0/s1. The summed E-state index contributed by atoms with van der Waals surface area (Å²) in [6, 6.07) is 8.42. The first kappa shape index (κ1) is 14.8. The van der Waals surface area contributed by atoms with Gasteiger partial charge in [0.25, 0.3) is 0 Å². The van der Waals surface area contributed by atoms with Gasteiger partial charge in [0.1, 0.15) is 0 Å². The number of fused-ring (bicyclic) bond motifs is 2. The van der Waals surface area contributed by atoms with Crippen LogP contribution in [0, 0.1) is 5.41 Å². The van der Waals surface area contributed by atoms with Crippen molar-refractivity contribution in [3.63, 3.8) is 0 Å². The third kappa shape index (κ3) is 2.45. The molecule has 3 heterocycles. The zero-order valence-corrected chi connectivity index (χ0v) is 13.7. The second-order valence-electron chi connectivity index (χ2n) is 6.98. The first-order valence-corrected chi connectivity index (χ1v) is 8.70. The van der Waals surface area contributed by atoms with Gasteiger partial charge in [-0.05, 0) is 37.3 Å². The number of aromatic amines is 1. The third-order valence-corrected chi connectivity index (χ3v) is 5.76. The van der Waals surface area contributed by atoms with Crippen molar-refractivity contribution in [3.8, 4) is 0 Å². The molecule has 2 aliphatic rings. The monoisotopic (exact) mass is 312 g/mol. The SMILES string of the molecule is CC[C@]12CCCN(CCc3c[nH]c4ccccc34)[C@H]1OC(=O)C2. The fourth-order valence-corrected chi connectivity index (χ4v) is 4.40. The molecule has 0 saturated carbocycles. The molecule has 0 bridgehead atoms. The summed E-state index contributed by atoms with van der Waals surface area (Å²) in [5, 5.41) is 1.30. The smallest absolute Gasteiger partial charge is 0.308 e. The van der Waals surface area contributed by atoms with Gasteiger partial charge in [-0.25, -0.2) is 0 Å². The van der Waals surface area contributed by atoms with Gasteiger partial charge in [0, 0.05) is 35.6 Å². The molecule has 2 saturated heterocycles. The lowest BCUT2D eigenvalue weighted by Gasteiger charge is -2.43. The number of esters is 1. The van der Waals surface area contributed by atoms with Crippen LogP contribution in [0.3, 0.4) is 0 Å². The van der Waals surface area contributed by atoms with Gasteiger partial charge in [-0.3, -0.25) is 9.69 Å². The van der Waals surface area contributed by atoms with E-state index in [2.05, 4.69) is 47.3 Å². The van der Waals surface area contributed by atoms with Crippen LogP contribution in [-0.2, 0) is 16.0 Å². The lowest BCUT2D eigenvalue weighted by molar-refractivity contribution is -0.154. The summed E-state index contributed by atoms with van der Waals surface area (Å²) in [5.74, 6) is -0.0177. The molecule has 0 amide bonds. The minimum atomic E-state index is -0.0177. The van der Waals surface area contributed by atoms with Gasteiger partial charge in [0.2, 0.25) is 0 Å². The molecule has 1 aromatic heterocycles. The second kappa shape index (κ2) is 5.68. The number of nitrogens with zero attached hydrogens (tertiary/aromatic N) is 1. The zero-order valence-electron chi connectivity index (χ0n) is 13.7. The van der Waals surface area contributed by atoms with Crippen molar-refractivity contribution in [3.05, 3.63) is 36.0 Å². The lowest BCUT2D eigenvalue weighted by Crippen LogP contribution is -2.50. The van der Waals surface area contributed by atoms with Crippen LogP contribution >= 0.6 is 0 Å². The van der Waals surface area contributed by atoms with Crippen molar-refractivity contribution in [2.45, 2.75) is 45.3 Å². The highest BCUT2D eigenvalue weighted by molar-refractivity contribution is 5.83. The molecule has 4 heteroatoms. The zero-order chi connectivity index (χ0) is 15.9. The van der Waals surface area contributed by atoms with Crippen LogP contribution in [0.2, 0.25) is 0 Å². The average Bonchev–Trinajstić information content (AvgIpc) is 3.13. The van der Waals surface area contributed by atoms with Gasteiger partial charge in [-0.1, -0.05) is 25.1 Å². The van der Waals surface area contributed by atoms with Gasteiger partial charge in [-0.2, -0.15) is 0 Å². The highest BCUT2D eigenvalue weighted by Gasteiger charge is 2.52. The maximum absolute atomic E-state index is 11.9. The van der Waals surface area contributed by atoms with E-state index >= 15 is 0 Å². The molecule has 2 aliphatic heterocycles. The summed E-state index contributed by atoms with van der Waals surface area (Å²) in [4.78, 5) is 17.6. The number of carbonyl (C=O) groups excluding carboxylic acids is 1. The first-order valence-electron chi connectivity index (χ1n) is 8.70. The number of hydrogen-bond donors (Lipinski definition) is 1. The van der Waals surface area contributed by atoms with E-state index in [0.717, 1.165) is 38.8 Å². The molecule has 0 unspecified atom stereocenters. The first-order chi connectivity index (χ1) is 11.2. The Balaban J connectivity index is 1.51. The minimum Gasteiger partial charge on any atom is -0.446 e. The van der Waals surface area contributed by atoms with Crippen molar-refractivity contribution < 1.29 is 9.53 Å². The quantitative estimate of drug-likeness (QED) is 0.879. The van der Waals surface area contributed by atoms with E-state index in [1.807, 2.05) is 0 Å². The number of nitrogens with one attached hydrogen (secondary N) is 1. The Morgan fingerprint density at radius 3 is 3.13 bits per heavy atom. The number of H-pyrrole nitrogens is 1. The Labute approximate surface area is 136 Å². The highest BCUT2D eigenvalue weighted by atomic mass is 16.6. The van der Waals surface area contributed by atoms with Crippen molar-refractivity contribution in [2.24, 2.45) is 5.41 Å². The summed E-state index contributed by atoms with van der Waals surface area (Å²) in [6.07, 6.45) is 6.97. The number of likely N-dealkylation sites (tertiary alicyclic amines) is 1. The molecule has 4 nitrogen and oxygen atoms in total. The number of piperidine rings is 1. The summed E-state index contributed by atoms with van der Waals surface area (Å²) >= 11 is 0. The molecule has 4 rings (SSSR count). The fourth-order valence-electron chi connectivity index (χ4n) is 4.40. The molecule has 2 atom stereocenters. The van der Waals surface area contributed by atoms with Crippen LogP contribution in [0.1, 0.15) is 38.2 Å². The van der Waals surface area contributed by atoms with E-state index in [9.17, 15) is 4.79 Å². The number of hydrogen-bond acceptors (Lipinski definition) is 3. The molecule has 0 spiro atoms. The number of para-hydroxylation sites is 1. The molecular formula is C19H24N2O2. The molecule has 122 valence electrons. The van der Waals surface area contributed by atoms with Crippen molar-refractivity contribution >= 4 is 16.9 Å². The number of ether oxygens (including phenoxy) is 1. The van der Waals surface area contributed by atoms with Crippen LogP contribution in [0.15, 0.2) is 30.5 Å². The Bertz CT molecular complexity index is 723. The topological polar surface area (TPSA) is 45.3 Å². The molecule has 1 aromatic carbocycles. The van der Waals surface area contributed by atoms with E-state index < -0.39 is 0 Å². The van der Waals surface area contributed by atoms with E-state index in [1.165, 1.54) is 16.5 Å². The van der Waals surface area contributed by atoms with Crippen molar-refractivity contribution in [1.82, 2.24) is 9.88 Å². The Morgan fingerprint density at radius 2 is 2.26 bits per heavy atom. The van der Waals surface area contributed by atoms with E-state index in [1.54, 1.807) is 0 Å². The lowest BCUT2D eigenvalue weighted by atomic mass is 9.75. The number of benzene rings is 1.